The summed E-state index contributed by atoms with van der Waals surface area (Å²) in [6.07, 6.45) is 3.60. The third kappa shape index (κ3) is 3.93. The molecule has 3 rings (SSSR count). The first kappa shape index (κ1) is 21.9. The molecule has 1 aromatic carbocycles. The van der Waals surface area contributed by atoms with Crippen LogP contribution in [0, 0.1) is 0 Å². The molecule has 0 N–H and O–H groups in total. The third-order valence-electron chi connectivity index (χ3n) is 4.87. The monoisotopic (exact) mass is 446 g/mol. The lowest BCUT2D eigenvalue weighted by atomic mass is 10.0. The molecule has 2 aromatic heterocycles. The van der Waals surface area contributed by atoms with Crippen LogP contribution in [0.2, 0.25) is 10.0 Å². The van der Waals surface area contributed by atoms with Crippen LogP contribution in [0.5, 0.6) is 11.5 Å². The van der Waals surface area contributed by atoms with Gasteiger partial charge in [0.15, 0.2) is 5.78 Å². The number of carbonyl (C=O) groups is 1. The fraction of sp³-hybridized carbons (Fsp3) is 0.227. The van der Waals surface area contributed by atoms with E-state index in [0.717, 1.165) is 0 Å². The zero-order valence-corrected chi connectivity index (χ0v) is 18.3. The van der Waals surface area contributed by atoms with Crippen molar-refractivity contribution < 1.29 is 14.3 Å². The Morgan fingerprint density at radius 2 is 1.80 bits per heavy atom. The van der Waals surface area contributed by atoms with Gasteiger partial charge in [0.1, 0.15) is 11.5 Å². The van der Waals surface area contributed by atoms with E-state index in [1.165, 1.54) is 24.9 Å². The largest absolute Gasteiger partial charge is 0.495 e. The summed E-state index contributed by atoms with van der Waals surface area (Å²) in [6.45, 7) is 3.46. The molecule has 0 radical (unpaired) electrons. The Kier molecular flexibility index (Phi) is 6.48. The van der Waals surface area contributed by atoms with Gasteiger partial charge in [0.05, 0.1) is 35.3 Å². The van der Waals surface area contributed by atoms with Crippen LogP contribution in [-0.4, -0.2) is 29.6 Å². The Labute approximate surface area is 183 Å². The normalized spacial score (nSPS) is 10.8. The first-order chi connectivity index (χ1) is 14.3. The number of fused-ring (bicyclic) bond motifs is 1. The van der Waals surface area contributed by atoms with Crippen LogP contribution in [0.1, 0.15) is 12.1 Å². The van der Waals surface area contributed by atoms with Crippen molar-refractivity contribution >= 4 is 39.8 Å². The average Bonchev–Trinajstić information content (AvgIpc) is 2.75. The van der Waals surface area contributed by atoms with Gasteiger partial charge in [0.25, 0.3) is 5.56 Å². The highest BCUT2D eigenvalue weighted by Gasteiger charge is 2.21. The first-order valence-electron chi connectivity index (χ1n) is 9.06. The predicted molar refractivity (Wildman–Crippen MR) is 119 cm³/mol. The van der Waals surface area contributed by atoms with E-state index in [9.17, 15) is 9.59 Å². The zero-order chi connectivity index (χ0) is 22.0. The second-order valence-electron chi connectivity index (χ2n) is 6.61. The van der Waals surface area contributed by atoms with Crippen LogP contribution < -0.4 is 15.0 Å². The fourth-order valence-electron chi connectivity index (χ4n) is 3.18. The second kappa shape index (κ2) is 8.90. The van der Waals surface area contributed by atoms with E-state index in [0.29, 0.717) is 45.6 Å². The number of benzene rings is 1. The zero-order valence-electron chi connectivity index (χ0n) is 16.8. The summed E-state index contributed by atoms with van der Waals surface area (Å²) < 4.78 is 12.1. The average molecular weight is 447 g/mol. The summed E-state index contributed by atoms with van der Waals surface area (Å²) in [5.41, 5.74) is 1.34. The molecule has 0 aliphatic rings. The van der Waals surface area contributed by atoms with E-state index in [4.69, 9.17) is 32.7 Å². The molecule has 0 aliphatic heterocycles. The van der Waals surface area contributed by atoms with Gasteiger partial charge in [0, 0.05) is 42.4 Å². The molecule has 0 fully saturated rings. The van der Waals surface area contributed by atoms with Crippen molar-refractivity contribution in [1.82, 2.24) is 9.55 Å². The van der Waals surface area contributed by atoms with Crippen molar-refractivity contribution in [1.29, 1.82) is 0 Å². The standard InChI is InChI=1S/C22H20Cl2N2O4/c1-5-14(27)7-6-13-9-15-12(11-25-13)8-16(26(2)22(15)28)19-20(23)17(29-3)10-18(30-4)21(19)24/h5,8-11H,1,6-7H2,2-4H3. The van der Waals surface area contributed by atoms with Gasteiger partial charge in [-0.05, 0) is 24.6 Å². The highest BCUT2D eigenvalue weighted by molar-refractivity contribution is 6.41. The van der Waals surface area contributed by atoms with Crippen molar-refractivity contribution in [3.63, 3.8) is 0 Å². The van der Waals surface area contributed by atoms with Gasteiger partial charge < -0.3 is 14.0 Å². The number of methoxy groups -OCH3 is 2. The predicted octanol–water partition coefficient (Wildman–Crippen LogP) is 4.61. The molecule has 2 heterocycles. The number of pyridine rings is 2. The van der Waals surface area contributed by atoms with Crippen LogP contribution >= 0.6 is 23.2 Å². The number of ether oxygens (including phenoxy) is 2. The molecule has 0 amide bonds. The van der Waals surface area contributed by atoms with Crippen molar-refractivity contribution in [2.75, 3.05) is 14.2 Å². The van der Waals surface area contributed by atoms with Gasteiger partial charge in [-0.3, -0.25) is 14.6 Å². The van der Waals surface area contributed by atoms with Gasteiger partial charge in [-0.2, -0.15) is 0 Å². The Balaban J connectivity index is 2.20. The number of carbonyl (C=O) groups excluding carboxylic acids is 1. The summed E-state index contributed by atoms with van der Waals surface area (Å²) in [7, 11) is 4.61. The van der Waals surface area contributed by atoms with Crippen LogP contribution in [0.15, 0.2) is 41.8 Å². The van der Waals surface area contributed by atoms with E-state index in [1.54, 1.807) is 31.4 Å². The Bertz CT molecular complexity index is 1190. The maximum atomic E-state index is 13.1. The number of hydrogen-bond donors (Lipinski definition) is 0. The number of rotatable bonds is 7. The number of nitrogens with zero attached hydrogens (tertiary/aromatic N) is 2. The van der Waals surface area contributed by atoms with Gasteiger partial charge in [-0.25, -0.2) is 0 Å². The highest BCUT2D eigenvalue weighted by atomic mass is 35.5. The molecule has 0 bridgehead atoms. The van der Waals surface area contributed by atoms with Crippen LogP contribution in [0.3, 0.4) is 0 Å². The Morgan fingerprint density at radius 3 is 2.37 bits per heavy atom. The molecule has 0 atom stereocenters. The maximum Gasteiger partial charge on any atom is 0.258 e. The van der Waals surface area contributed by atoms with Crippen molar-refractivity contribution in [3.05, 3.63) is 63.1 Å². The molecular weight excluding hydrogens is 427 g/mol. The summed E-state index contributed by atoms with van der Waals surface area (Å²) in [4.78, 5) is 29.0. The summed E-state index contributed by atoms with van der Waals surface area (Å²) >= 11 is 13.1. The van der Waals surface area contributed by atoms with E-state index in [2.05, 4.69) is 11.6 Å². The van der Waals surface area contributed by atoms with Crippen LogP contribution in [-0.2, 0) is 18.3 Å². The van der Waals surface area contributed by atoms with Crippen molar-refractivity contribution in [2.45, 2.75) is 12.8 Å². The molecule has 0 unspecified atom stereocenters. The molecule has 0 saturated heterocycles. The minimum absolute atomic E-state index is 0.0728. The lowest BCUT2D eigenvalue weighted by Crippen LogP contribution is -2.19. The molecule has 0 aliphatic carbocycles. The van der Waals surface area contributed by atoms with E-state index in [1.807, 2.05) is 0 Å². The number of ketones is 1. The Hall–Kier alpha value is -2.83. The molecule has 156 valence electrons. The van der Waals surface area contributed by atoms with E-state index >= 15 is 0 Å². The lowest BCUT2D eigenvalue weighted by Gasteiger charge is -2.17. The minimum atomic E-state index is -0.241. The number of hydrogen-bond acceptors (Lipinski definition) is 5. The van der Waals surface area contributed by atoms with E-state index < -0.39 is 0 Å². The first-order valence-corrected chi connectivity index (χ1v) is 9.82. The molecule has 30 heavy (non-hydrogen) atoms. The van der Waals surface area contributed by atoms with Gasteiger partial charge in [-0.15, -0.1) is 0 Å². The van der Waals surface area contributed by atoms with Gasteiger partial charge in [-0.1, -0.05) is 29.8 Å². The summed E-state index contributed by atoms with van der Waals surface area (Å²) in [6, 6.07) is 5.08. The topological polar surface area (TPSA) is 70.4 Å². The van der Waals surface area contributed by atoms with Crippen molar-refractivity contribution in [3.8, 4) is 22.8 Å². The number of aryl methyl sites for hydroxylation is 1. The third-order valence-corrected chi connectivity index (χ3v) is 5.62. The number of halogens is 2. The minimum Gasteiger partial charge on any atom is -0.495 e. The smallest absolute Gasteiger partial charge is 0.258 e. The van der Waals surface area contributed by atoms with Crippen LogP contribution in [0.4, 0.5) is 0 Å². The molecule has 6 nitrogen and oxygen atoms in total. The maximum absolute atomic E-state index is 13.1. The molecule has 0 spiro atoms. The summed E-state index contributed by atoms with van der Waals surface area (Å²) in [5, 5.41) is 1.65. The van der Waals surface area contributed by atoms with Gasteiger partial charge >= 0.3 is 0 Å². The lowest BCUT2D eigenvalue weighted by molar-refractivity contribution is -0.114. The van der Waals surface area contributed by atoms with Crippen LogP contribution in [0.25, 0.3) is 22.0 Å². The number of allylic oxidation sites excluding steroid dienone is 1. The highest BCUT2D eigenvalue weighted by Crippen LogP contribution is 2.45. The molecule has 3 aromatic rings. The van der Waals surface area contributed by atoms with E-state index in [-0.39, 0.29) is 27.8 Å². The molecular formula is C22H20Cl2N2O4. The quantitative estimate of drug-likeness (QED) is 0.495. The van der Waals surface area contributed by atoms with Gasteiger partial charge in [0.2, 0.25) is 0 Å². The second-order valence-corrected chi connectivity index (χ2v) is 7.37. The summed E-state index contributed by atoms with van der Waals surface area (Å²) in [5.74, 6) is 0.679. The SMILES string of the molecule is C=CC(=O)CCc1cc2c(=O)n(C)c(-c3c(Cl)c(OC)cc(OC)c3Cl)cc2cn1. The number of aromatic nitrogens is 2. The molecule has 8 heteroatoms. The molecule has 0 saturated carbocycles. The Morgan fingerprint density at radius 1 is 1.17 bits per heavy atom. The van der Waals surface area contributed by atoms with Crippen molar-refractivity contribution in [2.24, 2.45) is 7.05 Å². The fourth-order valence-corrected chi connectivity index (χ4v) is 3.88.